The molecule has 25 heavy (non-hydrogen) atoms. The van der Waals surface area contributed by atoms with Gasteiger partial charge in [0.25, 0.3) is 5.56 Å². The van der Waals surface area contributed by atoms with Crippen molar-refractivity contribution < 1.29 is 9.59 Å². The van der Waals surface area contributed by atoms with Crippen LogP contribution in [0.4, 0.5) is 0 Å². The van der Waals surface area contributed by atoms with Crippen LogP contribution in [0, 0.1) is 5.41 Å². The average molecular weight is 348 g/mol. The molecule has 1 aliphatic heterocycles. The molecule has 1 aromatic rings. The first-order chi connectivity index (χ1) is 11.7. The largest absolute Gasteiger partial charge is 0.354 e. The fourth-order valence-corrected chi connectivity index (χ4v) is 2.62. The van der Waals surface area contributed by atoms with E-state index in [0.717, 1.165) is 0 Å². The van der Waals surface area contributed by atoms with Gasteiger partial charge in [0.15, 0.2) is 0 Å². The normalized spacial score (nSPS) is 15.9. The Kier molecular flexibility index (Phi) is 6.36. The van der Waals surface area contributed by atoms with Crippen molar-refractivity contribution in [2.24, 2.45) is 5.41 Å². The molecule has 1 saturated heterocycles. The summed E-state index contributed by atoms with van der Waals surface area (Å²) in [5.41, 5.74) is -0.110. The van der Waals surface area contributed by atoms with Gasteiger partial charge in [-0.1, -0.05) is 26.8 Å². The Morgan fingerprint density at radius 2 is 1.76 bits per heavy atom. The highest BCUT2D eigenvalue weighted by Gasteiger charge is 2.23. The third-order valence-electron chi connectivity index (χ3n) is 4.11. The first-order valence-electron chi connectivity index (χ1n) is 8.67. The molecular formula is C18H28N4O3. The summed E-state index contributed by atoms with van der Waals surface area (Å²) in [6, 6.07) is 4.84. The average Bonchev–Trinajstić information content (AvgIpc) is 2.55. The highest BCUT2D eigenvalue weighted by atomic mass is 16.2. The molecule has 2 heterocycles. The fourth-order valence-electron chi connectivity index (χ4n) is 2.62. The zero-order valence-electron chi connectivity index (χ0n) is 15.3. The summed E-state index contributed by atoms with van der Waals surface area (Å²) in [5, 5.41) is 2.94. The van der Waals surface area contributed by atoms with Crippen molar-refractivity contribution in [3.05, 3.63) is 34.7 Å². The van der Waals surface area contributed by atoms with Gasteiger partial charge >= 0.3 is 0 Å². The summed E-state index contributed by atoms with van der Waals surface area (Å²) < 4.78 is 1.41. The second-order valence-electron chi connectivity index (χ2n) is 7.66. The SMILES string of the molecule is CC(C)(C)CNC(=O)CN1CCN(C(=O)Cn2ccccc2=O)CC1. The molecule has 0 saturated carbocycles. The predicted molar refractivity (Wildman–Crippen MR) is 96.2 cm³/mol. The maximum absolute atomic E-state index is 12.3. The minimum atomic E-state index is -0.176. The highest BCUT2D eigenvalue weighted by molar-refractivity contribution is 5.78. The predicted octanol–water partition coefficient (Wildman–Crippen LogP) is 0.155. The van der Waals surface area contributed by atoms with E-state index in [4.69, 9.17) is 0 Å². The monoisotopic (exact) mass is 348 g/mol. The third kappa shape index (κ3) is 6.34. The number of carbonyl (C=O) groups excluding carboxylic acids is 2. The third-order valence-corrected chi connectivity index (χ3v) is 4.11. The Bertz CT molecular complexity index is 655. The van der Waals surface area contributed by atoms with Crippen LogP contribution in [0.2, 0.25) is 0 Å². The number of rotatable bonds is 5. The van der Waals surface area contributed by atoms with E-state index in [1.54, 1.807) is 23.2 Å². The summed E-state index contributed by atoms with van der Waals surface area (Å²) >= 11 is 0. The van der Waals surface area contributed by atoms with Gasteiger partial charge in [-0.05, 0) is 11.5 Å². The van der Waals surface area contributed by atoms with E-state index in [2.05, 4.69) is 31.0 Å². The topological polar surface area (TPSA) is 74.7 Å². The number of aromatic nitrogens is 1. The molecular weight excluding hydrogens is 320 g/mol. The van der Waals surface area contributed by atoms with Crippen molar-refractivity contribution in [2.45, 2.75) is 27.3 Å². The van der Waals surface area contributed by atoms with Gasteiger partial charge in [-0.15, -0.1) is 0 Å². The van der Waals surface area contributed by atoms with Crippen molar-refractivity contribution in [2.75, 3.05) is 39.3 Å². The molecule has 2 amide bonds. The van der Waals surface area contributed by atoms with Crippen molar-refractivity contribution in [1.82, 2.24) is 19.7 Å². The number of pyridine rings is 1. The molecule has 1 aliphatic rings. The molecule has 1 aromatic heterocycles. The second-order valence-corrected chi connectivity index (χ2v) is 7.66. The zero-order chi connectivity index (χ0) is 18.4. The maximum Gasteiger partial charge on any atom is 0.250 e. The number of nitrogens with zero attached hydrogens (tertiary/aromatic N) is 3. The number of piperazine rings is 1. The Hall–Kier alpha value is -2.15. The van der Waals surface area contributed by atoms with Gasteiger partial charge in [0, 0.05) is 45.0 Å². The molecule has 0 spiro atoms. The molecule has 1 fully saturated rings. The molecule has 2 rings (SSSR count). The molecule has 1 N–H and O–H groups in total. The summed E-state index contributed by atoms with van der Waals surface area (Å²) in [6.45, 7) is 9.79. The lowest BCUT2D eigenvalue weighted by Gasteiger charge is -2.34. The molecule has 0 bridgehead atoms. The fraction of sp³-hybridized carbons (Fsp3) is 0.611. The van der Waals surface area contributed by atoms with Crippen molar-refractivity contribution in [1.29, 1.82) is 0 Å². The first-order valence-corrected chi connectivity index (χ1v) is 8.67. The number of nitrogens with one attached hydrogen (secondary N) is 1. The molecule has 0 unspecified atom stereocenters. The van der Waals surface area contributed by atoms with Gasteiger partial charge in [0.2, 0.25) is 11.8 Å². The minimum Gasteiger partial charge on any atom is -0.354 e. The van der Waals surface area contributed by atoms with Crippen molar-refractivity contribution >= 4 is 11.8 Å². The lowest BCUT2D eigenvalue weighted by molar-refractivity contribution is -0.134. The van der Waals surface area contributed by atoms with Crippen LogP contribution in [0.25, 0.3) is 0 Å². The number of amides is 2. The van der Waals surface area contributed by atoms with Crippen LogP contribution < -0.4 is 10.9 Å². The van der Waals surface area contributed by atoms with Crippen molar-refractivity contribution in [3.8, 4) is 0 Å². The Labute approximate surface area is 148 Å². The van der Waals surface area contributed by atoms with Crippen LogP contribution in [-0.2, 0) is 16.1 Å². The lowest BCUT2D eigenvalue weighted by atomic mass is 9.97. The molecule has 0 radical (unpaired) electrons. The van der Waals surface area contributed by atoms with E-state index in [0.29, 0.717) is 39.3 Å². The van der Waals surface area contributed by atoms with Crippen LogP contribution in [0.5, 0.6) is 0 Å². The highest BCUT2D eigenvalue weighted by Crippen LogP contribution is 2.10. The molecule has 138 valence electrons. The van der Waals surface area contributed by atoms with E-state index in [1.807, 2.05) is 0 Å². The summed E-state index contributed by atoms with van der Waals surface area (Å²) in [7, 11) is 0. The summed E-state index contributed by atoms with van der Waals surface area (Å²) in [6.07, 6.45) is 1.62. The summed E-state index contributed by atoms with van der Waals surface area (Å²) in [5.74, 6) is -0.0457. The smallest absolute Gasteiger partial charge is 0.250 e. The lowest BCUT2D eigenvalue weighted by Crippen LogP contribution is -2.52. The number of hydrogen-bond acceptors (Lipinski definition) is 4. The minimum absolute atomic E-state index is 0.0190. The van der Waals surface area contributed by atoms with Gasteiger partial charge < -0.3 is 14.8 Å². The van der Waals surface area contributed by atoms with E-state index < -0.39 is 0 Å². The standard InChI is InChI=1S/C18H28N4O3/c1-18(2,3)14-19-15(23)12-20-8-10-21(11-9-20)17(25)13-22-7-5-4-6-16(22)24/h4-7H,8-14H2,1-3H3,(H,19,23). The Morgan fingerprint density at radius 1 is 1.08 bits per heavy atom. The second kappa shape index (κ2) is 8.29. The van der Waals surface area contributed by atoms with Gasteiger partial charge in [-0.3, -0.25) is 19.3 Å². The van der Waals surface area contributed by atoms with Crippen LogP contribution in [0.15, 0.2) is 29.2 Å². The van der Waals surface area contributed by atoms with Crippen molar-refractivity contribution in [3.63, 3.8) is 0 Å². The van der Waals surface area contributed by atoms with Gasteiger partial charge in [-0.2, -0.15) is 0 Å². The summed E-state index contributed by atoms with van der Waals surface area (Å²) in [4.78, 5) is 39.8. The van der Waals surface area contributed by atoms with Crippen LogP contribution in [-0.4, -0.2) is 65.4 Å². The molecule has 7 heteroatoms. The molecule has 0 atom stereocenters. The van der Waals surface area contributed by atoms with E-state index in [-0.39, 0.29) is 29.3 Å². The van der Waals surface area contributed by atoms with E-state index in [9.17, 15) is 14.4 Å². The number of hydrogen-bond donors (Lipinski definition) is 1. The van der Waals surface area contributed by atoms with Gasteiger partial charge in [-0.25, -0.2) is 0 Å². The zero-order valence-corrected chi connectivity index (χ0v) is 15.3. The number of carbonyl (C=O) groups is 2. The maximum atomic E-state index is 12.3. The van der Waals surface area contributed by atoms with E-state index >= 15 is 0 Å². The Balaban J connectivity index is 1.75. The quantitative estimate of drug-likeness (QED) is 0.822. The van der Waals surface area contributed by atoms with E-state index in [1.165, 1.54) is 10.6 Å². The molecule has 0 aliphatic carbocycles. The van der Waals surface area contributed by atoms with Gasteiger partial charge in [0.1, 0.15) is 6.54 Å². The first kappa shape index (κ1) is 19.2. The van der Waals surface area contributed by atoms with Gasteiger partial charge in [0.05, 0.1) is 6.54 Å². The molecule has 7 nitrogen and oxygen atoms in total. The molecule has 0 aromatic carbocycles. The van der Waals surface area contributed by atoms with Crippen LogP contribution >= 0.6 is 0 Å². The Morgan fingerprint density at radius 3 is 2.36 bits per heavy atom. The van der Waals surface area contributed by atoms with Crippen LogP contribution in [0.3, 0.4) is 0 Å². The van der Waals surface area contributed by atoms with Crippen LogP contribution in [0.1, 0.15) is 20.8 Å².